The summed E-state index contributed by atoms with van der Waals surface area (Å²) < 4.78 is 6.44. The van der Waals surface area contributed by atoms with Crippen molar-refractivity contribution in [2.24, 2.45) is 0 Å². The highest BCUT2D eigenvalue weighted by Gasteiger charge is 2.59. The summed E-state index contributed by atoms with van der Waals surface area (Å²) in [6, 6.07) is 18.2. The number of aromatic nitrogens is 1. The molecule has 4 nitrogen and oxygen atoms in total. The lowest BCUT2D eigenvalue weighted by Gasteiger charge is -2.28. The summed E-state index contributed by atoms with van der Waals surface area (Å²) in [4.78, 5) is 17.6. The highest BCUT2D eigenvalue weighted by atomic mass is 16.5. The van der Waals surface area contributed by atoms with Gasteiger partial charge >= 0.3 is 0 Å². The molecule has 5 rings (SSSR count). The molecule has 3 aromatic rings. The lowest BCUT2D eigenvalue weighted by molar-refractivity contribution is -0.121. The van der Waals surface area contributed by atoms with E-state index in [9.17, 15) is 4.79 Å². The summed E-state index contributed by atoms with van der Waals surface area (Å²) in [5.74, 6) is 0.835. The number of carbonyl (C=O) groups excluding carboxylic acids is 1. The Kier molecular flexibility index (Phi) is 4.35. The highest BCUT2D eigenvalue weighted by Crippen LogP contribution is 2.55. The third-order valence-electron chi connectivity index (χ3n) is 6.20. The number of fused-ring (bicyclic) bond motifs is 4. The molecule has 2 atom stereocenters. The van der Waals surface area contributed by atoms with Crippen LogP contribution in [0.25, 0.3) is 11.1 Å². The van der Waals surface area contributed by atoms with E-state index in [0.717, 1.165) is 59.4 Å². The molecule has 0 saturated carbocycles. The van der Waals surface area contributed by atoms with E-state index in [1.807, 2.05) is 36.4 Å². The minimum atomic E-state index is -0.789. The molecular formula is C25H24N2O2. The molecule has 4 heteroatoms. The van der Waals surface area contributed by atoms with Gasteiger partial charge in [0.25, 0.3) is 0 Å². The van der Waals surface area contributed by atoms with Gasteiger partial charge < -0.3 is 10.1 Å². The Hall–Kier alpha value is -3.14. The first kappa shape index (κ1) is 17.9. The van der Waals surface area contributed by atoms with Gasteiger partial charge in [-0.05, 0) is 59.9 Å². The Morgan fingerprint density at radius 3 is 2.66 bits per heavy atom. The molecule has 1 aromatic heterocycles. The second kappa shape index (κ2) is 7.03. The molecule has 1 unspecified atom stereocenters. The molecule has 29 heavy (non-hydrogen) atoms. The number of anilines is 1. The lowest BCUT2D eigenvalue weighted by atomic mass is 9.70. The van der Waals surface area contributed by atoms with Gasteiger partial charge in [-0.25, -0.2) is 0 Å². The zero-order valence-electron chi connectivity index (χ0n) is 16.5. The molecular weight excluding hydrogens is 360 g/mol. The molecule has 1 spiro atoms. The molecule has 1 N–H and O–H groups in total. The van der Waals surface area contributed by atoms with Gasteiger partial charge in [0, 0.05) is 23.6 Å². The van der Waals surface area contributed by atoms with Gasteiger partial charge in [0.15, 0.2) is 0 Å². The van der Waals surface area contributed by atoms with Crippen LogP contribution < -0.4 is 10.1 Å². The Bertz CT molecular complexity index is 1060. The largest absolute Gasteiger partial charge is 0.488 e. The van der Waals surface area contributed by atoms with Crippen molar-refractivity contribution in [3.63, 3.8) is 0 Å². The molecule has 0 aliphatic carbocycles. The molecule has 0 fully saturated rings. The summed E-state index contributed by atoms with van der Waals surface area (Å²) in [7, 11) is 0. The Labute approximate surface area is 170 Å². The number of rotatable bonds is 5. The van der Waals surface area contributed by atoms with Crippen molar-refractivity contribution in [2.75, 3.05) is 5.32 Å². The van der Waals surface area contributed by atoms with Crippen LogP contribution in [0.4, 0.5) is 5.69 Å². The summed E-state index contributed by atoms with van der Waals surface area (Å²) in [6.07, 6.45) is 7.57. The number of hydrogen-bond acceptors (Lipinski definition) is 3. The topological polar surface area (TPSA) is 51.2 Å². The fourth-order valence-corrected chi connectivity index (χ4v) is 4.80. The zero-order valence-corrected chi connectivity index (χ0v) is 16.5. The van der Waals surface area contributed by atoms with E-state index in [4.69, 9.17) is 4.74 Å². The van der Waals surface area contributed by atoms with E-state index in [0.29, 0.717) is 0 Å². The smallest absolute Gasteiger partial charge is 0.243 e. The van der Waals surface area contributed by atoms with Crippen LogP contribution in [-0.2, 0) is 10.2 Å². The predicted octanol–water partition coefficient (Wildman–Crippen LogP) is 5.33. The fourth-order valence-electron chi connectivity index (χ4n) is 4.80. The molecule has 2 aliphatic heterocycles. The fraction of sp³-hybridized carbons (Fsp3) is 0.280. The molecule has 1 amide bonds. The molecule has 2 aliphatic rings. The van der Waals surface area contributed by atoms with Gasteiger partial charge in [-0.1, -0.05) is 44.0 Å². The number of pyridine rings is 1. The number of ether oxygens (including phenoxy) is 1. The molecule has 2 aromatic carbocycles. The minimum Gasteiger partial charge on any atom is -0.488 e. The maximum atomic E-state index is 13.5. The van der Waals surface area contributed by atoms with Crippen molar-refractivity contribution < 1.29 is 9.53 Å². The summed E-state index contributed by atoms with van der Waals surface area (Å²) in [5.41, 5.74) is 4.25. The average Bonchev–Trinajstić information content (AvgIpc) is 3.24. The second-order valence-corrected chi connectivity index (χ2v) is 7.86. The number of hydrogen-bond donors (Lipinski definition) is 1. The van der Waals surface area contributed by atoms with Crippen molar-refractivity contribution in [1.82, 2.24) is 4.98 Å². The first-order valence-corrected chi connectivity index (χ1v) is 10.4. The SMILES string of the molecule is CCCCC[C@H]1Oc2ccc(-c3ccncc3)cc2C12C(=O)Nc1ccccc12. The molecule has 0 bridgehead atoms. The van der Waals surface area contributed by atoms with Crippen molar-refractivity contribution in [1.29, 1.82) is 0 Å². The van der Waals surface area contributed by atoms with Crippen molar-refractivity contribution >= 4 is 11.6 Å². The van der Waals surface area contributed by atoms with Crippen molar-refractivity contribution in [3.8, 4) is 16.9 Å². The van der Waals surface area contributed by atoms with E-state index >= 15 is 0 Å². The Morgan fingerprint density at radius 1 is 1.00 bits per heavy atom. The maximum absolute atomic E-state index is 13.5. The van der Waals surface area contributed by atoms with Gasteiger partial charge in [-0.3, -0.25) is 9.78 Å². The molecule has 0 radical (unpaired) electrons. The van der Waals surface area contributed by atoms with Crippen LogP contribution in [0, 0.1) is 0 Å². The van der Waals surface area contributed by atoms with Crippen LogP contribution in [-0.4, -0.2) is 17.0 Å². The van der Waals surface area contributed by atoms with Crippen LogP contribution in [0.3, 0.4) is 0 Å². The number of unbranched alkanes of at least 4 members (excludes halogenated alkanes) is 2. The highest BCUT2D eigenvalue weighted by molar-refractivity contribution is 6.10. The lowest BCUT2D eigenvalue weighted by Crippen LogP contribution is -2.45. The number of carbonyl (C=O) groups is 1. The van der Waals surface area contributed by atoms with Crippen molar-refractivity contribution in [2.45, 2.75) is 44.1 Å². The van der Waals surface area contributed by atoms with Gasteiger partial charge in [-0.15, -0.1) is 0 Å². The van der Waals surface area contributed by atoms with Crippen LogP contribution in [0.2, 0.25) is 0 Å². The van der Waals surface area contributed by atoms with E-state index in [1.54, 1.807) is 12.4 Å². The van der Waals surface area contributed by atoms with Crippen molar-refractivity contribution in [3.05, 3.63) is 78.1 Å². The number of amides is 1. The van der Waals surface area contributed by atoms with E-state index in [2.05, 4.69) is 35.4 Å². The molecule has 146 valence electrons. The number of nitrogens with one attached hydrogen (secondary N) is 1. The third-order valence-corrected chi connectivity index (χ3v) is 6.20. The quantitative estimate of drug-likeness (QED) is 0.605. The van der Waals surface area contributed by atoms with Crippen LogP contribution in [0.15, 0.2) is 67.0 Å². The first-order chi connectivity index (χ1) is 14.2. The van der Waals surface area contributed by atoms with E-state index < -0.39 is 5.41 Å². The number of para-hydroxylation sites is 1. The minimum absolute atomic E-state index is 0.0193. The Balaban J connectivity index is 1.68. The molecule has 3 heterocycles. The van der Waals surface area contributed by atoms with Crippen LogP contribution >= 0.6 is 0 Å². The average molecular weight is 384 g/mol. The van der Waals surface area contributed by atoms with Crippen LogP contribution in [0.1, 0.15) is 43.7 Å². The normalized spacial score (nSPS) is 21.6. The predicted molar refractivity (Wildman–Crippen MR) is 114 cm³/mol. The number of benzene rings is 2. The first-order valence-electron chi connectivity index (χ1n) is 10.4. The van der Waals surface area contributed by atoms with E-state index in [-0.39, 0.29) is 12.0 Å². The summed E-state index contributed by atoms with van der Waals surface area (Å²) in [5, 5.41) is 3.12. The molecule has 0 saturated heterocycles. The zero-order chi connectivity index (χ0) is 19.8. The summed E-state index contributed by atoms with van der Waals surface area (Å²) in [6.45, 7) is 2.19. The van der Waals surface area contributed by atoms with E-state index in [1.165, 1.54) is 0 Å². The maximum Gasteiger partial charge on any atom is 0.243 e. The third kappa shape index (κ3) is 2.66. The van der Waals surface area contributed by atoms with Gasteiger partial charge in [-0.2, -0.15) is 0 Å². The number of nitrogens with zero attached hydrogens (tertiary/aromatic N) is 1. The van der Waals surface area contributed by atoms with Gasteiger partial charge in [0.1, 0.15) is 17.3 Å². The Morgan fingerprint density at radius 2 is 1.83 bits per heavy atom. The van der Waals surface area contributed by atoms with Gasteiger partial charge in [0.05, 0.1) is 0 Å². The second-order valence-electron chi connectivity index (χ2n) is 7.86. The van der Waals surface area contributed by atoms with Gasteiger partial charge in [0.2, 0.25) is 5.91 Å². The summed E-state index contributed by atoms with van der Waals surface area (Å²) >= 11 is 0. The monoisotopic (exact) mass is 384 g/mol. The standard InChI is InChI=1S/C25H24N2O2/c1-2-3-4-9-23-25(19-7-5-6-8-21(19)27-24(25)28)20-16-18(10-11-22(20)29-23)17-12-14-26-15-13-17/h5-8,10-16,23H,2-4,9H2,1H3,(H,27,28)/t23-,25?/m1/s1. The van der Waals surface area contributed by atoms with Crippen LogP contribution in [0.5, 0.6) is 5.75 Å².